The average Bonchev–Trinajstić information content (AvgIpc) is 2.56. The second kappa shape index (κ2) is 8.47. The number of anilines is 2. The molecule has 0 radical (unpaired) electrons. The van der Waals surface area contributed by atoms with E-state index >= 15 is 0 Å². The van der Waals surface area contributed by atoms with Crippen LogP contribution in [0.25, 0.3) is 0 Å². The minimum atomic E-state index is -4.47. The molecule has 4 nitrogen and oxygen atoms in total. The molecule has 0 bridgehead atoms. The Kier molecular flexibility index (Phi) is 6.54. The maximum Gasteiger partial charge on any atom is 0.416 e. The number of amides is 2. The van der Waals surface area contributed by atoms with Crippen LogP contribution in [0.5, 0.6) is 0 Å². The standard InChI is InChI=1S/C19H19F3N2O2S/c1-11-4-5-15(10-17(11)19(20,21)22)24-18(26)12(2)27-16-8-6-14(7-9-16)23-13(3)25/h4-10,12H,1-3H3,(H,23,25)(H,24,26). The number of alkyl halides is 3. The van der Waals surface area contributed by atoms with Gasteiger partial charge < -0.3 is 10.6 Å². The predicted molar refractivity (Wildman–Crippen MR) is 101 cm³/mol. The highest BCUT2D eigenvalue weighted by Gasteiger charge is 2.32. The predicted octanol–water partition coefficient (Wildman–Crippen LogP) is 5.09. The number of hydrogen-bond donors (Lipinski definition) is 2. The van der Waals surface area contributed by atoms with Crippen molar-refractivity contribution in [2.45, 2.75) is 37.1 Å². The molecule has 0 saturated carbocycles. The fourth-order valence-electron chi connectivity index (χ4n) is 2.33. The molecule has 2 N–H and O–H groups in total. The Balaban J connectivity index is 2.02. The fraction of sp³-hybridized carbons (Fsp3) is 0.263. The van der Waals surface area contributed by atoms with Crippen molar-refractivity contribution in [1.82, 2.24) is 0 Å². The van der Waals surface area contributed by atoms with Crippen LogP contribution in [0.2, 0.25) is 0 Å². The van der Waals surface area contributed by atoms with E-state index in [1.807, 2.05) is 0 Å². The molecule has 144 valence electrons. The lowest BCUT2D eigenvalue weighted by Gasteiger charge is -2.15. The van der Waals surface area contributed by atoms with Crippen molar-refractivity contribution in [3.05, 3.63) is 53.6 Å². The van der Waals surface area contributed by atoms with Crippen molar-refractivity contribution in [2.24, 2.45) is 0 Å². The van der Waals surface area contributed by atoms with Gasteiger partial charge in [-0.2, -0.15) is 13.2 Å². The van der Waals surface area contributed by atoms with Gasteiger partial charge >= 0.3 is 6.18 Å². The molecule has 2 aromatic rings. The minimum Gasteiger partial charge on any atom is -0.326 e. The zero-order valence-corrected chi connectivity index (χ0v) is 15.8. The molecule has 1 unspecified atom stereocenters. The minimum absolute atomic E-state index is 0.0992. The number of thioether (sulfide) groups is 1. The molecule has 8 heteroatoms. The first kappa shape index (κ1) is 20.8. The Hall–Kier alpha value is -2.48. The molecular weight excluding hydrogens is 377 g/mol. The largest absolute Gasteiger partial charge is 0.416 e. The van der Waals surface area contributed by atoms with Crippen LogP contribution < -0.4 is 10.6 Å². The average molecular weight is 396 g/mol. The SMILES string of the molecule is CC(=O)Nc1ccc(SC(C)C(=O)Nc2ccc(C)c(C(F)(F)F)c2)cc1. The molecule has 0 aliphatic rings. The van der Waals surface area contributed by atoms with Crippen LogP contribution in [-0.2, 0) is 15.8 Å². The summed E-state index contributed by atoms with van der Waals surface area (Å²) in [5, 5.41) is 4.64. The van der Waals surface area contributed by atoms with Gasteiger partial charge in [0, 0.05) is 23.2 Å². The van der Waals surface area contributed by atoms with Gasteiger partial charge in [-0.05, 0) is 55.8 Å². The normalized spacial score (nSPS) is 12.4. The van der Waals surface area contributed by atoms with Crippen molar-refractivity contribution in [2.75, 3.05) is 10.6 Å². The Morgan fingerprint density at radius 2 is 1.59 bits per heavy atom. The third-order valence-corrected chi connectivity index (χ3v) is 4.78. The van der Waals surface area contributed by atoms with Crippen LogP contribution in [0.3, 0.4) is 0 Å². The zero-order valence-electron chi connectivity index (χ0n) is 15.0. The van der Waals surface area contributed by atoms with Crippen LogP contribution in [0.1, 0.15) is 25.0 Å². The molecule has 0 heterocycles. The summed E-state index contributed by atoms with van der Waals surface area (Å²) in [5.74, 6) is -0.581. The summed E-state index contributed by atoms with van der Waals surface area (Å²) in [5.41, 5.74) is 0.0750. The van der Waals surface area contributed by atoms with E-state index in [-0.39, 0.29) is 17.2 Å². The highest BCUT2D eigenvalue weighted by Crippen LogP contribution is 2.33. The van der Waals surface area contributed by atoms with E-state index in [1.54, 1.807) is 31.2 Å². The van der Waals surface area contributed by atoms with Gasteiger partial charge in [0.15, 0.2) is 0 Å². The molecule has 1 atom stereocenters. The summed E-state index contributed by atoms with van der Waals surface area (Å²) >= 11 is 1.26. The lowest BCUT2D eigenvalue weighted by molar-refractivity contribution is -0.138. The molecule has 2 amide bonds. The number of carbonyl (C=O) groups is 2. The van der Waals surface area contributed by atoms with E-state index in [1.165, 1.54) is 37.7 Å². The van der Waals surface area contributed by atoms with Crippen molar-refractivity contribution in [1.29, 1.82) is 0 Å². The summed E-state index contributed by atoms with van der Waals surface area (Å²) in [4.78, 5) is 24.1. The number of rotatable bonds is 5. The van der Waals surface area contributed by atoms with Crippen molar-refractivity contribution in [3.8, 4) is 0 Å². The lowest BCUT2D eigenvalue weighted by Crippen LogP contribution is -2.22. The maximum atomic E-state index is 13.0. The van der Waals surface area contributed by atoms with Gasteiger partial charge in [-0.25, -0.2) is 0 Å². The van der Waals surface area contributed by atoms with Gasteiger partial charge in [-0.1, -0.05) is 6.07 Å². The molecule has 27 heavy (non-hydrogen) atoms. The first-order valence-electron chi connectivity index (χ1n) is 8.09. The molecule has 2 aromatic carbocycles. The van der Waals surface area contributed by atoms with E-state index in [2.05, 4.69) is 10.6 Å². The van der Waals surface area contributed by atoms with Gasteiger partial charge in [-0.15, -0.1) is 11.8 Å². The first-order valence-corrected chi connectivity index (χ1v) is 8.97. The molecule has 0 aliphatic heterocycles. The number of nitrogens with one attached hydrogen (secondary N) is 2. The zero-order chi connectivity index (χ0) is 20.2. The number of carbonyl (C=O) groups excluding carboxylic acids is 2. The number of aryl methyl sites for hydroxylation is 1. The van der Waals surface area contributed by atoms with Gasteiger partial charge in [-0.3, -0.25) is 9.59 Å². The quantitative estimate of drug-likeness (QED) is 0.692. The van der Waals surface area contributed by atoms with Gasteiger partial charge in [0.1, 0.15) is 0 Å². The summed E-state index contributed by atoms with van der Waals surface area (Å²) < 4.78 is 38.9. The molecule has 0 aromatic heterocycles. The number of halogens is 3. The molecule has 0 saturated heterocycles. The maximum absolute atomic E-state index is 13.0. The van der Waals surface area contributed by atoms with Crippen molar-refractivity contribution in [3.63, 3.8) is 0 Å². The third-order valence-electron chi connectivity index (χ3n) is 3.67. The molecule has 0 aliphatic carbocycles. The second-order valence-corrected chi connectivity index (χ2v) is 7.40. The van der Waals surface area contributed by atoms with Crippen LogP contribution >= 0.6 is 11.8 Å². The Morgan fingerprint density at radius 1 is 1.00 bits per heavy atom. The summed E-state index contributed by atoms with van der Waals surface area (Å²) in [6, 6.07) is 10.7. The highest BCUT2D eigenvalue weighted by atomic mass is 32.2. The lowest BCUT2D eigenvalue weighted by atomic mass is 10.1. The van der Waals surface area contributed by atoms with Crippen molar-refractivity contribution < 1.29 is 22.8 Å². The Bertz CT molecular complexity index is 836. The van der Waals surface area contributed by atoms with E-state index < -0.39 is 22.9 Å². The van der Waals surface area contributed by atoms with E-state index in [0.717, 1.165) is 11.0 Å². The van der Waals surface area contributed by atoms with E-state index in [0.29, 0.717) is 5.69 Å². The first-order chi connectivity index (χ1) is 12.6. The van der Waals surface area contributed by atoms with E-state index in [9.17, 15) is 22.8 Å². The molecule has 0 fully saturated rings. The summed E-state index contributed by atoms with van der Waals surface area (Å²) in [6.45, 7) is 4.45. The van der Waals surface area contributed by atoms with Crippen LogP contribution in [0.15, 0.2) is 47.4 Å². The van der Waals surface area contributed by atoms with E-state index in [4.69, 9.17) is 0 Å². The second-order valence-electron chi connectivity index (χ2n) is 5.98. The molecule has 2 rings (SSSR count). The van der Waals surface area contributed by atoms with Gasteiger partial charge in [0.2, 0.25) is 11.8 Å². The summed E-state index contributed by atoms with van der Waals surface area (Å²) in [7, 11) is 0. The van der Waals surface area contributed by atoms with Crippen LogP contribution in [-0.4, -0.2) is 17.1 Å². The Morgan fingerprint density at radius 3 is 2.15 bits per heavy atom. The van der Waals surface area contributed by atoms with Gasteiger partial charge in [0.25, 0.3) is 0 Å². The molecular formula is C19H19F3N2O2S. The number of benzene rings is 2. The highest BCUT2D eigenvalue weighted by molar-refractivity contribution is 8.00. The van der Waals surface area contributed by atoms with Crippen LogP contribution in [0, 0.1) is 6.92 Å². The molecule has 0 spiro atoms. The summed E-state index contributed by atoms with van der Waals surface area (Å²) in [6.07, 6.45) is -4.47. The van der Waals surface area contributed by atoms with Gasteiger partial charge in [0.05, 0.1) is 10.8 Å². The smallest absolute Gasteiger partial charge is 0.326 e. The topological polar surface area (TPSA) is 58.2 Å². The monoisotopic (exact) mass is 396 g/mol. The third kappa shape index (κ3) is 6.02. The number of hydrogen-bond acceptors (Lipinski definition) is 3. The fourth-order valence-corrected chi connectivity index (χ4v) is 3.19. The Labute approximate surface area is 159 Å². The van der Waals surface area contributed by atoms with Crippen LogP contribution in [0.4, 0.5) is 24.5 Å². The van der Waals surface area contributed by atoms with Crippen molar-refractivity contribution >= 4 is 35.0 Å².